The predicted molar refractivity (Wildman–Crippen MR) is 58.4 cm³/mol. The van der Waals surface area contributed by atoms with Crippen molar-refractivity contribution >= 4 is 5.78 Å². The van der Waals surface area contributed by atoms with E-state index < -0.39 is 0 Å². The third-order valence-electron chi connectivity index (χ3n) is 2.20. The Bertz CT molecular complexity index is 307. The van der Waals surface area contributed by atoms with Gasteiger partial charge in [-0.25, -0.2) is 0 Å². The lowest BCUT2D eigenvalue weighted by molar-refractivity contribution is 0.0979. The monoisotopic (exact) mass is 191 g/mol. The molecule has 0 saturated carbocycles. The molecule has 0 atom stereocenters. The van der Waals surface area contributed by atoms with Gasteiger partial charge in [-0.05, 0) is 32.4 Å². The van der Waals surface area contributed by atoms with E-state index in [1.165, 1.54) is 0 Å². The molecule has 0 aliphatic heterocycles. The second-order valence-corrected chi connectivity index (χ2v) is 3.54. The van der Waals surface area contributed by atoms with Crippen molar-refractivity contribution in [2.45, 2.75) is 26.2 Å². The molecule has 76 valence electrons. The molecular formula is C12H17NO. The minimum Gasteiger partial charge on any atom is -0.330 e. The number of benzene rings is 1. The molecule has 0 bridgehead atoms. The van der Waals surface area contributed by atoms with Gasteiger partial charge < -0.3 is 5.73 Å². The zero-order valence-corrected chi connectivity index (χ0v) is 8.62. The zero-order chi connectivity index (χ0) is 10.4. The minimum absolute atomic E-state index is 0.224. The SMILES string of the molecule is Cc1cccc(C(=O)CCCCN)c1. The molecule has 1 aromatic carbocycles. The average molecular weight is 191 g/mol. The first-order valence-corrected chi connectivity index (χ1v) is 5.04. The summed E-state index contributed by atoms with van der Waals surface area (Å²) in [5, 5.41) is 0. The lowest BCUT2D eigenvalue weighted by Crippen LogP contribution is -2.02. The topological polar surface area (TPSA) is 43.1 Å². The molecule has 2 heteroatoms. The number of carbonyl (C=O) groups excluding carboxylic acids is 1. The van der Waals surface area contributed by atoms with Crippen LogP contribution in [0.4, 0.5) is 0 Å². The quantitative estimate of drug-likeness (QED) is 0.573. The van der Waals surface area contributed by atoms with Gasteiger partial charge in [-0.3, -0.25) is 4.79 Å². The molecule has 0 amide bonds. The summed E-state index contributed by atoms with van der Waals surface area (Å²) in [6, 6.07) is 7.73. The Hall–Kier alpha value is -1.15. The van der Waals surface area contributed by atoms with E-state index in [-0.39, 0.29) is 5.78 Å². The molecule has 0 aliphatic carbocycles. The fourth-order valence-electron chi connectivity index (χ4n) is 1.39. The predicted octanol–water partition coefficient (Wildman–Crippen LogP) is 2.31. The van der Waals surface area contributed by atoms with Crippen LogP contribution in [0.1, 0.15) is 35.2 Å². The third kappa shape index (κ3) is 3.30. The number of aryl methyl sites for hydroxylation is 1. The second kappa shape index (κ2) is 5.55. The highest BCUT2D eigenvalue weighted by Crippen LogP contribution is 2.08. The lowest BCUT2D eigenvalue weighted by atomic mass is 10.0. The standard InChI is InChI=1S/C12H17NO/c1-10-5-4-6-11(9-10)12(14)7-2-3-8-13/h4-6,9H,2-3,7-8,13H2,1H3. The lowest BCUT2D eigenvalue weighted by Gasteiger charge is -2.01. The highest BCUT2D eigenvalue weighted by molar-refractivity contribution is 5.96. The second-order valence-electron chi connectivity index (χ2n) is 3.54. The molecule has 0 aromatic heterocycles. The number of ketones is 1. The number of rotatable bonds is 5. The van der Waals surface area contributed by atoms with Crippen molar-refractivity contribution in [3.63, 3.8) is 0 Å². The first-order chi connectivity index (χ1) is 6.74. The maximum absolute atomic E-state index is 11.6. The van der Waals surface area contributed by atoms with Crippen LogP contribution in [-0.4, -0.2) is 12.3 Å². The van der Waals surface area contributed by atoms with Crippen molar-refractivity contribution in [2.24, 2.45) is 5.73 Å². The maximum Gasteiger partial charge on any atom is 0.162 e. The number of Topliss-reactive ketones (excluding diaryl/α,β-unsaturated/α-hetero) is 1. The van der Waals surface area contributed by atoms with Crippen LogP contribution in [0, 0.1) is 6.92 Å². The summed E-state index contributed by atoms with van der Waals surface area (Å²) < 4.78 is 0. The summed E-state index contributed by atoms with van der Waals surface area (Å²) >= 11 is 0. The van der Waals surface area contributed by atoms with E-state index in [1.807, 2.05) is 31.2 Å². The van der Waals surface area contributed by atoms with Gasteiger partial charge in [-0.2, -0.15) is 0 Å². The molecule has 0 spiro atoms. The molecule has 14 heavy (non-hydrogen) atoms. The minimum atomic E-state index is 0.224. The number of carbonyl (C=O) groups is 1. The Morgan fingerprint density at radius 3 is 2.79 bits per heavy atom. The molecule has 1 rings (SSSR count). The van der Waals surface area contributed by atoms with Crippen molar-refractivity contribution in [1.29, 1.82) is 0 Å². The average Bonchev–Trinajstić information content (AvgIpc) is 2.18. The first-order valence-electron chi connectivity index (χ1n) is 5.04. The Kier molecular flexibility index (Phi) is 4.33. The van der Waals surface area contributed by atoms with Crippen LogP contribution in [0.5, 0.6) is 0 Å². The highest BCUT2D eigenvalue weighted by atomic mass is 16.1. The van der Waals surface area contributed by atoms with Crippen LogP contribution in [0.2, 0.25) is 0 Å². The van der Waals surface area contributed by atoms with Gasteiger partial charge in [0.05, 0.1) is 0 Å². The van der Waals surface area contributed by atoms with Crippen molar-refractivity contribution in [3.8, 4) is 0 Å². The Morgan fingerprint density at radius 2 is 2.14 bits per heavy atom. The molecule has 0 aliphatic rings. The maximum atomic E-state index is 11.6. The fraction of sp³-hybridized carbons (Fsp3) is 0.417. The van der Waals surface area contributed by atoms with Gasteiger partial charge in [0.25, 0.3) is 0 Å². The van der Waals surface area contributed by atoms with Gasteiger partial charge >= 0.3 is 0 Å². The molecule has 0 radical (unpaired) electrons. The van der Waals surface area contributed by atoms with Crippen LogP contribution < -0.4 is 5.73 Å². The molecular weight excluding hydrogens is 174 g/mol. The van der Waals surface area contributed by atoms with Gasteiger partial charge in [0.15, 0.2) is 5.78 Å². The van der Waals surface area contributed by atoms with Crippen molar-refractivity contribution < 1.29 is 4.79 Å². The normalized spacial score (nSPS) is 10.1. The number of nitrogens with two attached hydrogens (primary N) is 1. The summed E-state index contributed by atoms with van der Waals surface area (Å²) in [6.07, 6.45) is 2.43. The summed E-state index contributed by atoms with van der Waals surface area (Å²) in [7, 11) is 0. The molecule has 2 nitrogen and oxygen atoms in total. The van der Waals surface area contributed by atoms with Gasteiger partial charge in [0.1, 0.15) is 0 Å². The van der Waals surface area contributed by atoms with Crippen LogP contribution >= 0.6 is 0 Å². The van der Waals surface area contributed by atoms with E-state index in [0.29, 0.717) is 13.0 Å². The summed E-state index contributed by atoms with van der Waals surface area (Å²) in [4.78, 5) is 11.6. The van der Waals surface area contributed by atoms with E-state index in [0.717, 1.165) is 24.0 Å². The molecule has 2 N–H and O–H groups in total. The van der Waals surface area contributed by atoms with Gasteiger partial charge in [-0.1, -0.05) is 23.8 Å². The fourth-order valence-corrected chi connectivity index (χ4v) is 1.39. The van der Waals surface area contributed by atoms with E-state index in [1.54, 1.807) is 0 Å². The van der Waals surface area contributed by atoms with E-state index in [4.69, 9.17) is 5.73 Å². The first kappa shape index (κ1) is 10.9. The van der Waals surface area contributed by atoms with Crippen LogP contribution in [0.3, 0.4) is 0 Å². The van der Waals surface area contributed by atoms with Crippen LogP contribution in [0.15, 0.2) is 24.3 Å². The Balaban J connectivity index is 2.52. The van der Waals surface area contributed by atoms with E-state index in [9.17, 15) is 4.79 Å². The zero-order valence-electron chi connectivity index (χ0n) is 8.62. The van der Waals surface area contributed by atoms with Gasteiger partial charge in [-0.15, -0.1) is 0 Å². The molecule has 0 saturated heterocycles. The van der Waals surface area contributed by atoms with Gasteiger partial charge in [0.2, 0.25) is 0 Å². The number of hydrogen-bond acceptors (Lipinski definition) is 2. The largest absolute Gasteiger partial charge is 0.330 e. The summed E-state index contributed by atoms with van der Waals surface area (Å²) in [5.41, 5.74) is 7.32. The van der Waals surface area contributed by atoms with Crippen LogP contribution in [0.25, 0.3) is 0 Å². The Morgan fingerprint density at radius 1 is 1.36 bits per heavy atom. The molecule has 0 heterocycles. The molecule has 0 fully saturated rings. The number of hydrogen-bond donors (Lipinski definition) is 1. The summed E-state index contributed by atoms with van der Waals surface area (Å²) in [5.74, 6) is 0.224. The highest BCUT2D eigenvalue weighted by Gasteiger charge is 2.04. The molecule has 1 aromatic rings. The van der Waals surface area contributed by atoms with Crippen molar-refractivity contribution in [2.75, 3.05) is 6.54 Å². The molecule has 0 unspecified atom stereocenters. The van der Waals surface area contributed by atoms with Crippen LogP contribution in [-0.2, 0) is 0 Å². The van der Waals surface area contributed by atoms with Gasteiger partial charge in [0, 0.05) is 12.0 Å². The smallest absolute Gasteiger partial charge is 0.162 e. The third-order valence-corrected chi connectivity index (χ3v) is 2.20. The van der Waals surface area contributed by atoms with E-state index >= 15 is 0 Å². The number of unbranched alkanes of at least 4 members (excludes halogenated alkanes) is 1. The van der Waals surface area contributed by atoms with E-state index in [2.05, 4.69) is 0 Å². The van der Waals surface area contributed by atoms with Crippen molar-refractivity contribution in [3.05, 3.63) is 35.4 Å². The Labute approximate surface area is 85.1 Å². The van der Waals surface area contributed by atoms with Crippen molar-refractivity contribution in [1.82, 2.24) is 0 Å². The summed E-state index contributed by atoms with van der Waals surface area (Å²) in [6.45, 7) is 2.66.